The van der Waals surface area contributed by atoms with E-state index in [4.69, 9.17) is 21.1 Å². The highest BCUT2D eigenvalue weighted by atomic mass is 79.9. The fourth-order valence-corrected chi connectivity index (χ4v) is 2.34. The quantitative estimate of drug-likeness (QED) is 0.336. The van der Waals surface area contributed by atoms with Crippen LogP contribution in [0.5, 0.6) is 11.5 Å². The monoisotopic (exact) mass is 385 g/mol. The molecule has 22 heavy (non-hydrogen) atoms. The van der Waals surface area contributed by atoms with Crippen LogP contribution in [0.2, 0.25) is 5.02 Å². The Hall–Kier alpha value is -2.12. The zero-order valence-electron chi connectivity index (χ0n) is 11.0. The summed E-state index contributed by atoms with van der Waals surface area (Å²) in [5.74, 6) is -0.415. The van der Waals surface area contributed by atoms with Crippen LogP contribution in [-0.2, 0) is 4.79 Å². The van der Waals surface area contributed by atoms with Gasteiger partial charge in [0.1, 0.15) is 5.75 Å². The molecule has 2 rings (SSSR count). The molecule has 0 saturated heterocycles. The molecule has 6 nitrogen and oxygen atoms in total. The van der Waals surface area contributed by atoms with Crippen LogP contribution in [0.15, 0.2) is 46.9 Å². The van der Waals surface area contributed by atoms with Gasteiger partial charge in [0.25, 0.3) is 0 Å². The summed E-state index contributed by atoms with van der Waals surface area (Å²) in [4.78, 5) is 22.0. The SMILES string of the molecule is O=C(COc1ccccc1[N+](=O)[O-])Oc1ccc(Cl)cc1Br. The largest absolute Gasteiger partial charge is 0.475 e. The zero-order valence-corrected chi connectivity index (χ0v) is 13.3. The highest BCUT2D eigenvalue weighted by Crippen LogP contribution is 2.28. The molecule has 0 aliphatic rings. The van der Waals surface area contributed by atoms with E-state index in [1.807, 2.05) is 0 Å². The van der Waals surface area contributed by atoms with E-state index in [2.05, 4.69) is 15.9 Å². The number of nitrogens with zero attached hydrogens (tertiary/aromatic N) is 1. The molecule has 0 fully saturated rings. The Morgan fingerprint density at radius 3 is 2.64 bits per heavy atom. The minimum absolute atomic E-state index is 0.000350. The first-order valence-corrected chi connectivity index (χ1v) is 7.16. The minimum Gasteiger partial charge on any atom is -0.475 e. The summed E-state index contributed by atoms with van der Waals surface area (Å²) in [6.45, 7) is -0.458. The topological polar surface area (TPSA) is 78.7 Å². The van der Waals surface area contributed by atoms with Crippen molar-refractivity contribution in [2.75, 3.05) is 6.61 Å². The number of hydrogen-bond acceptors (Lipinski definition) is 5. The minimum atomic E-state index is -0.693. The van der Waals surface area contributed by atoms with Gasteiger partial charge in [0.2, 0.25) is 0 Å². The van der Waals surface area contributed by atoms with Crippen LogP contribution in [0.4, 0.5) is 5.69 Å². The van der Waals surface area contributed by atoms with Gasteiger partial charge in [0, 0.05) is 11.1 Å². The first kappa shape index (κ1) is 16.3. The molecule has 0 aromatic heterocycles. The van der Waals surface area contributed by atoms with Gasteiger partial charge in [0.05, 0.1) is 9.40 Å². The van der Waals surface area contributed by atoms with Crippen molar-refractivity contribution in [3.63, 3.8) is 0 Å². The number of para-hydroxylation sites is 2. The molecule has 0 radical (unpaired) electrons. The predicted molar refractivity (Wildman–Crippen MR) is 83.4 cm³/mol. The van der Waals surface area contributed by atoms with Crippen molar-refractivity contribution in [3.05, 3.63) is 62.1 Å². The van der Waals surface area contributed by atoms with Gasteiger partial charge in [0.15, 0.2) is 12.4 Å². The van der Waals surface area contributed by atoms with Crippen molar-refractivity contribution < 1.29 is 19.2 Å². The second kappa shape index (κ2) is 7.24. The van der Waals surface area contributed by atoms with E-state index in [0.717, 1.165) is 0 Å². The number of esters is 1. The molecule has 114 valence electrons. The molecule has 0 atom stereocenters. The number of rotatable bonds is 5. The zero-order chi connectivity index (χ0) is 16.1. The number of carbonyl (C=O) groups is 1. The molecule has 2 aromatic rings. The molecule has 0 N–H and O–H groups in total. The van der Waals surface area contributed by atoms with Crippen molar-refractivity contribution in [1.82, 2.24) is 0 Å². The Balaban J connectivity index is 2.00. The summed E-state index contributed by atoms with van der Waals surface area (Å²) < 4.78 is 10.7. The molecule has 0 aliphatic carbocycles. The molecular formula is C14H9BrClNO5. The number of ether oxygens (including phenoxy) is 2. The summed E-state index contributed by atoms with van der Waals surface area (Å²) in [5.41, 5.74) is -0.219. The van der Waals surface area contributed by atoms with Gasteiger partial charge >= 0.3 is 11.7 Å². The maximum atomic E-state index is 11.7. The average Bonchev–Trinajstić information content (AvgIpc) is 2.48. The van der Waals surface area contributed by atoms with Crippen LogP contribution in [0.1, 0.15) is 0 Å². The molecule has 0 amide bonds. The van der Waals surface area contributed by atoms with Crippen molar-refractivity contribution in [2.24, 2.45) is 0 Å². The second-order valence-corrected chi connectivity index (χ2v) is 5.35. The van der Waals surface area contributed by atoms with Crippen LogP contribution in [0.3, 0.4) is 0 Å². The van der Waals surface area contributed by atoms with E-state index in [9.17, 15) is 14.9 Å². The molecule has 0 bridgehead atoms. The van der Waals surface area contributed by atoms with E-state index in [1.165, 1.54) is 24.3 Å². The number of benzene rings is 2. The molecule has 8 heteroatoms. The molecular weight excluding hydrogens is 378 g/mol. The first-order valence-electron chi connectivity index (χ1n) is 5.99. The third-order valence-corrected chi connectivity index (χ3v) is 3.38. The summed E-state index contributed by atoms with van der Waals surface area (Å²) in [7, 11) is 0. The summed E-state index contributed by atoms with van der Waals surface area (Å²) in [6, 6.07) is 10.4. The molecule has 2 aromatic carbocycles. The van der Waals surface area contributed by atoms with Crippen molar-refractivity contribution in [2.45, 2.75) is 0 Å². The van der Waals surface area contributed by atoms with E-state index in [1.54, 1.807) is 18.2 Å². The van der Waals surface area contributed by atoms with Crippen LogP contribution >= 0.6 is 27.5 Å². The van der Waals surface area contributed by atoms with E-state index in [-0.39, 0.29) is 17.2 Å². The van der Waals surface area contributed by atoms with Crippen molar-refractivity contribution >= 4 is 39.2 Å². The number of nitro groups is 1. The van der Waals surface area contributed by atoms with Crippen LogP contribution in [0, 0.1) is 10.1 Å². The predicted octanol–water partition coefficient (Wildman–Crippen LogP) is 4.00. The molecule has 0 saturated carbocycles. The van der Waals surface area contributed by atoms with Gasteiger partial charge < -0.3 is 9.47 Å². The van der Waals surface area contributed by atoms with Gasteiger partial charge in [-0.05, 0) is 40.2 Å². The Kier molecular flexibility index (Phi) is 5.35. The van der Waals surface area contributed by atoms with Crippen LogP contribution < -0.4 is 9.47 Å². The Labute approximate surface area is 138 Å². The fourth-order valence-electron chi connectivity index (χ4n) is 1.58. The second-order valence-electron chi connectivity index (χ2n) is 4.06. The van der Waals surface area contributed by atoms with E-state index in [0.29, 0.717) is 9.50 Å². The Morgan fingerprint density at radius 2 is 1.95 bits per heavy atom. The lowest BCUT2D eigenvalue weighted by Crippen LogP contribution is -2.18. The third kappa shape index (κ3) is 4.19. The molecule has 0 aliphatic heterocycles. The lowest BCUT2D eigenvalue weighted by Gasteiger charge is -2.08. The van der Waals surface area contributed by atoms with E-state index >= 15 is 0 Å². The summed E-state index contributed by atoms with van der Waals surface area (Å²) in [5, 5.41) is 11.3. The number of halogens is 2. The maximum Gasteiger partial charge on any atom is 0.349 e. The van der Waals surface area contributed by atoms with Crippen molar-refractivity contribution in [1.29, 1.82) is 0 Å². The van der Waals surface area contributed by atoms with Crippen LogP contribution in [-0.4, -0.2) is 17.5 Å². The summed E-state index contributed by atoms with van der Waals surface area (Å²) >= 11 is 8.99. The van der Waals surface area contributed by atoms with Crippen LogP contribution in [0.25, 0.3) is 0 Å². The lowest BCUT2D eigenvalue weighted by atomic mass is 10.3. The Bertz CT molecular complexity index is 722. The lowest BCUT2D eigenvalue weighted by molar-refractivity contribution is -0.385. The normalized spacial score (nSPS) is 10.1. The van der Waals surface area contributed by atoms with Gasteiger partial charge in [-0.2, -0.15) is 0 Å². The highest BCUT2D eigenvalue weighted by Gasteiger charge is 2.16. The van der Waals surface area contributed by atoms with Gasteiger partial charge in [-0.1, -0.05) is 23.7 Å². The number of hydrogen-bond donors (Lipinski definition) is 0. The molecule has 0 spiro atoms. The van der Waals surface area contributed by atoms with Gasteiger partial charge in [-0.25, -0.2) is 4.79 Å². The molecule has 0 heterocycles. The van der Waals surface area contributed by atoms with Gasteiger partial charge in [-0.15, -0.1) is 0 Å². The number of carbonyl (C=O) groups excluding carboxylic acids is 1. The standard InChI is InChI=1S/C14H9BrClNO5/c15-10-7-9(16)5-6-12(10)22-14(18)8-21-13-4-2-1-3-11(13)17(19)20/h1-7H,8H2. The Morgan fingerprint density at radius 1 is 1.23 bits per heavy atom. The maximum absolute atomic E-state index is 11.7. The van der Waals surface area contributed by atoms with Crippen molar-refractivity contribution in [3.8, 4) is 11.5 Å². The smallest absolute Gasteiger partial charge is 0.349 e. The molecule has 0 unspecified atom stereocenters. The van der Waals surface area contributed by atoms with E-state index < -0.39 is 17.5 Å². The van der Waals surface area contributed by atoms with Gasteiger partial charge in [-0.3, -0.25) is 10.1 Å². The summed E-state index contributed by atoms with van der Waals surface area (Å²) in [6.07, 6.45) is 0. The highest BCUT2D eigenvalue weighted by molar-refractivity contribution is 9.10. The average molecular weight is 387 g/mol. The number of nitro benzene ring substituents is 1. The fraction of sp³-hybridized carbons (Fsp3) is 0.0714. The first-order chi connectivity index (χ1) is 10.5. The third-order valence-electron chi connectivity index (χ3n) is 2.53.